The number of carbonyl (C=O) groups is 5. The SMILES string of the molecule is NC(=O)CCC(N)C(=O)N1CCCC1C(=O)NC(CS)C(=O)NCC(=O)O. The highest BCUT2D eigenvalue weighted by atomic mass is 32.1. The minimum Gasteiger partial charge on any atom is -0.480 e. The van der Waals surface area contributed by atoms with Gasteiger partial charge in [0.25, 0.3) is 0 Å². The number of thiol groups is 1. The maximum absolute atomic E-state index is 12.5. The Labute approximate surface area is 161 Å². The van der Waals surface area contributed by atoms with Gasteiger partial charge in [-0.15, -0.1) is 0 Å². The van der Waals surface area contributed by atoms with Crippen LogP contribution in [-0.4, -0.2) is 76.6 Å². The number of rotatable bonds is 10. The van der Waals surface area contributed by atoms with Crippen molar-refractivity contribution in [3.63, 3.8) is 0 Å². The second-order valence-electron chi connectivity index (χ2n) is 6.16. The van der Waals surface area contributed by atoms with Crippen molar-refractivity contribution < 1.29 is 29.1 Å². The summed E-state index contributed by atoms with van der Waals surface area (Å²) >= 11 is 3.99. The van der Waals surface area contributed by atoms with E-state index < -0.39 is 54.3 Å². The van der Waals surface area contributed by atoms with E-state index in [-0.39, 0.29) is 18.6 Å². The average molecular weight is 403 g/mol. The largest absolute Gasteiger partial charge is 0.480 e. The summed E-state index contributed by atoms with van der Waals surface area (Å²) in [5, 5.41) is 13.2. The highest BCUT2D eigenvalue weighted by Gasteiger charge is 2.37. The lowest BCUT2D eigenvalue weighted by Gasteiger charge is -2.28. The van der Waals surface area contributed by atoms with Crippen LogP contribution in [0.5, 0.6) is 0 Å². The van der Waals surface area contributed by atoms with E-state index in [1.54, 1.807) is 0 Å². The number of likely N-dealkylation sites (tertiary alicyclic amines) is 1. The number of hydrogen-bond donors (Lipinski definition) is 6. The van der Waals surface area contributed by atoms with Gasteiger partial charge >= 0.3 is 5.97 Å². The molecule has 0 aliphatic carbocycles. The number of primary amides is 1. The Kier molecular flexibility index (Phi) is 9.02. The first kappa shape index (κ1) is 22.7. The van der Waals surface area contributed by atoms with Gasteiger partial charge in [-0.1, -0.05) is 0 Å². The number of amides is 4. The van der Waals surface area contributed by atoms with E-state index in [4.69, 9.17) is 16.6 Å². The molecule has 0 aromatic rings. The molecule has 11 nitrogen and oxygen atoms in total. The van der Waals surface area contributed by atoms with Crippen LogP contribution >= 0.6 is 12.6 Å². The molecule has 12 heteroatoms. The van der Waals surface area contributed by atoms with Crippen LogP contribution in [0.2, 0.25) is 0 Å². The monoisotopic (exact) mass is 403 g/mol. The summed E-state index contributed by atoms with van der Waals surface area (Å²) in [6.45, 7) is -0.250. The van der Waals surface area contributed by atoms with Crippen LogP contribution in [0.1, 0.15) is 25.7 Å². The standard InChI is InChI=1S/C15H25N5O6S/c16-8(3-4-11(17)21)15(26)20-5-1-2-10(20)14(25)19-9(7-27)13(24)18-6-12(22)23/h8-10,27H,1-7,16H2,(H2,17,21)(H,18,24)(H,19,25)(H,22,23). The fraction of sp³-hybridized carbons (Fsp3) is 0.667. The predicted molar refractivity (Wildman–Crippen MR) is 97.6 cm³/mol. The van der Waals surface area contributed by atoms with Gasteiger partial charge in [-0.3, -0.25) is 24.0 Å². The summed E-state index contributed by atoms with van der Waals surface area (Å²) in [7, 11) is 0. The molecule has 4 amide bonds. The van der Waals surface area contributed by atoms with Crippen molar-refractivity contribution in [3.05, 3.63) is 0 Å². The van der Waals surface area contributed by atoms with Crippen LogP contribution in [0.15, 0.2) is 0 Å². The fourth-order valence-electron chi connectivity index (χ4n) is 2.69. The Bertz CT molecular complexity index is 601. The molecule has 1 fully saturated rings. The average Bonchev–Trinajstić information content (AvgIpc) is 3.10. The van der Waals surface area contributed by atoms with Crippen LogP contribution in [0.3, 0.4) is 0 Å². The van der Waals surface area contributed by atoms with Crippen LogP contribution in [-0.2, 0) is 24.0 Å². The molecule has 7 N–H and O–H groups in total. The topological polar surface area (TPSA) is 185 Å². The maximum atomic E-state index is 12.5. The van der Waals surface area contributed by atoms with Crippen LogP contribution < -0.4 is 22.1 Å². The zero-order valence-electron chi connectivity index (χ0n) is 14.7. The lowest BCUT2D eigenvalue weighted by atomic mass is 10.1. The Hall–Kier alpha value is -2.34. The Balaban J connectivity index is 2.68. The van der Waals surface area contributed by atoms with Crippen molar-refractivity contribution in [2.75, 3.05) is 18.8 Å². The summed E-state index contributed by atoms with van der Waals surface area (Å²) in [6.07, 6.45) is 1.03. The van der Waals surface area contributed by atoms with Gasteiger partial charge in [-0.25, -0.2) is 0 Å². The quantitative estimate of drug-likeness (QED) is 0.212. The molecular weight excluding hydrogens is 378 g/mol. The zero-order valence-corrected chi connectivity index (χ0v) is 15.6. The highest BCUT2D eigenvalue weighted by molar-refractivity contribution is 7.80. The molecule has 3 atom stereocenters. The molecule has 152 valence electrons. The van der Waals surface area contributed by atoms with E-state index >= 15 is 0 Å². The smallest absolute Gasteiger partial charge is 0.322 e. The van der Waals surface area contributed by atoms with Crippen molar-refractivity contribution >= 4 is 42.2 Å². The number of nitrogens with zero attached hydrogens (tertiary/aromatic N) is 1. The normalized spacial score (nSPS) is 18.4. The molecule has 1 aliphatic heterocycles. The minimum atomic E-state index is -1.22. The molecule has 0 aromatic heterocycles. The molecule has 0 saturated carbocycles. The molecule has 0 aromatic carbocycles. The van der Waals surface area contributed by atoms with Crippen molar-refractivity contribution in [2.24, 2.45) is 11.5 Å². The number of nitrogens with one attached hydrogen (secondary N) is 2. The van der Waals surface area contributed by atoms with Crippen LogP contribution in [0, 0.1) is 0 Å². The maximum Gasteiger partial charge on any atom is 0.322 e. The molecule has 1 saturated heterocycles. The summed E-state index contributed by atoms with van der Waals surface area (Å²) in [6, 6.07) is -2.79. The van der Waals surface area contributed by atoms with E-state index in [9.17, 15) is 24.0 Å². The zero-order chi connectivity index (χ0) is 20.6. The van der Waals surface area contributed by atoms with E-state index in [1.807, 2.05) is 0 Å². The summed E-state index contributed by atoms with van der Waals surface area (Å²) in [5.74, 6) is -3.53. The third-order valence-electron chi connectivity index (χ3n) is 4.09. The molecule has 3 unspecified atom stereocenters. The molecular formula is C15H25N5O6S. The van der Waals surface area contributed by atoms with Gasteiger partial charge < -0.3 is 32.1 Å². The Morgan fingerprint density at radius 1 is 1.26 bits per heavy atom. The second-order valence-corrected chi connectivity index (χ2v) is 6.52. The van der Waals surface area contributed by atoms with E-state index in [0.29, 0.717) is 19.4 Å². The first-order valence-corrected chi connectivity index (χ1v) is 9.05. The van der Waals surface area contributed by atoms with E-state index in [1.165, 1.54) is 4.90 Å². The van der Waals surface area contributed by atoms with Crippen LogP contribution in [0.25, 0.3) is 0 Å². The van der Waals surface area contributed by atoms with Crippen LogP contribution in [0.4, 0.5) is 0 Å². The van der Waals surface area contributed by atoms with Gasteiger partial charge in [-0.2, -0.15) is 12.6 Å². The van der Waals surface area contributed by atoms with E-state index in [2.05, 4.69) is 23.3 Å². The third-order valence-corrected chi connectivity index (χ3v) is 4.45. The fourth-order valence-corrected chi connectivity index (χ4v) is 2.94. The minimum absolute atomic E-state index is 0.0386. The number of aliphatic carboxylic acids is 1. The molecule has 1 rings (SSSR count). The molecule has 0 radical (unpaired) electrons. The summed E-state index contributed by atoms with van der Waals surface area (Å²) in [5.41, 5.74) is 10.8. The van der Waals surface area contributed by atoms with Gasteiger partial charge in [0.05, 0.1) is 6.04 Å². The van der Waals surface area contributed by atoms with Gasteiger partial charge in [0, 0.05) is 18.7 Å². The first-order chi connectivity index (χ1) is 12.7. The first-order valence-electron chi connectivity index (χ1n) is 8.42. The van der Waals surface area contributed by atoms with Crippen molar-refractivity contribution in [1.82, 2.24) is 15.5 Å². The molecule has 1 aliphatic rings. The summed E-state index contributed by atoms with van der Waals surface area (Å²) in [4.78, 5) is 59.6. The van der Waals surface area contributed by atoms with Crippen molar-refractivity contribution in [1.29, 1.82) is 0 Å². The van der Waals surface area contributed by atoms with Crippen molar-refractivity contribution in [3.8, 4) is 0 Å². The van der Waals surface area contributed by atoms with Gasteiger partial charge in [-0.05, 0) is 19.3 Å². The van der Waals surface area contributed by atoms with Gasteiger partial charge in [0.1, 0.15) is 18.6 Å². The number of carboxylic acids is 1. The molecule has 27 heavy (non-hydrogen) atoms. The summed E-state index contributed by atoms with van der Waals surface area (Å²) < 4.78 is 0. The van der Waals surface area contributed by atoms with Gasteiger partial charge in [0.15, 0.2) is 0 Å². The molecule has 0 bridgehead atoms. The second kappa shape index (κ2) is 10.7. The number of carbonyl (C=O) groups excluding carboxylic acids is 4. The number of hydrogen-bond acceptors (Lipinski definition) is 7. The third kappa shape index (κ3) is 7.06. The number of carboxylic acid groups (broad SMARTS) is 1. The Morgan fingerprint density at radius 2 is 1.93 bits per heavy atom. The predicted octanol–water partition coefficient (Wildman–Crippen LogP) is -2.81. The molecule has 1 heterocycles. The van der Waals surface area contributed by atoms with Crippen molar-refractivity contribution in [2.45, 2.75) is 43.8 Å². The molecule has 0 spiro atoms. The Morgan fingerprint density at radius 3 is 2.48 bits per heavy atom. The number of nitrogens with two attached hydrogens (primary N) is 2. The van der Waals surface area contributed by atoms with E-state index in [0.717, 1.165) is 0 Å². The highest BCUT2D eigenvalue weighted by Crippen LogP contribution is 2.19. The lowest BCUT2D eigenvalue weighted by molar-refractivity contribution is -0.141. The lowest BCUT2D eigenvalue weighted by Crippen LogP contribution is -2.56. The van der Waals surface area contributed by atoms with Gasteiger partial charge in [0.2, 0.25) is 23.6 Å².